The third-order valence-corrected chi connectivity index (χ3v) is 14.7. The van der Waals surface area contributed by atoms with Crippen molar-refractivity contribution in [2.24, 2.45) is 41.2 Å². The lowest BCUT2D eigenvalue weighted by molar-refractivity contribution is -0.130. The van der Waals surface area contributed by atoms with Crippen LogP contribution in [-0.2, 0) is 28.9 Å². The minimum absolute atomic E-state index is 0.00893. The van der Waals surface area contributed by atoms with Gasteiger partial charge < -0.3 is 41.2 Å². The number of aliphatic hydroxyl groups excluding tert-OH is 3. The highest BCUT2D eigenvalue weighted by atomic mass is 16.5. The van der Waals surface area contributed by atoms with Gasteiger partial charge in [0.15, 0.2) is 11.5 Å². The zero-order valence-corrected chi connectivity index (χ0v) is 40.3. The summed E-state index contributed by atoms with van der Waals surface area (Å²) in [5, 5.41) is 46.8. The number of nitrogens with two attached hydrogens (primary N) is 1. The fourth-order valence-corrected chi connectivity index (χ4v) is 10.9. The van der Waals surface area contributed by atoms with Crippen LogP contribution in [0.4, 0.5) is 0 Å². The average Bonchev–Trinajstić information content (AvgIpc) is 3.67. The lowest BCUT2D eigenvalue weighted by atomic mass is 9.73. The van der Waals surface area contributed by atoms with Crippen LogP contribution in [0.5, 0.6) is 11.5 Å². The van der Waals surface area contributed by atoms with Crippen LogP contribution in [0.2, 0.25) is 0 Å². The monoisotopic (exact) mass is 904 g/mol. The number of methoxy groups -OCH3 is 1. The quantitative estimate of drug-likeness (QED) is 0.0485. The van der Waals surface area contributed by atoms with Gasteiger partial charge in [-0.1, -0.05) is 76.3 Å². The lowest BCUT2D eigenvalue weighted by Crippen LogP contribution is -2.33. The molecule has 3 aromatic rings. The number of fused-ring (bicyclic) bond motifs is 2. The van der Waals surface area contributed by atoms with Crippen molar-refractivity contribution in [1.82, 2.24) is 10.3 Å². The number of H-pyrrole nitrogens is 1. The van der Waals surface area contributed by atoms with Gasteiger partial charge in [0.25, 0.3) is 0 Å². The van der Waals surface area contributed by atoms with Crippen LogP contribution in [0, 0.1) is 47.3 Å². The molecule has 2 aromatic carbocycles. The number of Topliss-reactive ketones (excluding diaryl/α,β-unsaturated/α-hetero) is 2. The Balaban J connectivity index is 1.41. The summed E-state index contributed by atoms with van der Waals surface area (Å²) in [7, 11) is 1.52. The minimum atomic E-state index is -0.778. The molecule has 1 aromatic heterocycles. The number of hydrogen-bond donors (Lipinski definition) is 7. The van der Waals surface area contributed by atoms with E-state index in [2.05, 4.69) is 80.2 Å². The minimum Gasteiger partial charge on any atom is -0.504 e. The van der Waals surface area contributed by atoms with Crippen molar-refractivity contribution in [2.75, 3.05) is 13.7 Å². The number of aliphatic hydroxyl groups is 3. The highest BCUT2D eigenvalue weighted by Gasteiger charge is 2.41. The number of aromatic hydroxyl groups is 1. The van der Waals surface area contributed by atoms with Crippen molar-refractivity contribution in [3.8, 4) is 23.3 Å². The van der Waals surface area contributed by atoms with E-state index in [0.29, 0.717) is 56.1 Å². The Morgan fingerprint density at radius 1 is 0.909 bits per heavy atom. The number of phenolic OH excluding ortho intramolecular Hbond substituents is 1. The van der Waals surface area contributed by atoms with Crippen LogP contribution in [0.15, 0.2) is 72.2 Å². The van der Waals surface area contributed by atoms with E-state index < -0.39 is 30.1 Å². The second-order valence-corrected chi connectivity index (χ2v) is 20.2. The maximum atomic E-state index is 14.8. The van der Waals surface area contributed by atoms with E-state index in [9.17, 15) is 30.0 Å². The number of carbonyl (C=O) groups excluding carboxylic acids is 2. The third kappa shape index (κ3) is 13.4. The molecule has 6 rings (SSSR count). The first-order valence-electron chi connectivity index (χ1n) is 24.8. The average molecular weight is 904 g/mol. The molecular weight excluding hydrogens is 827 g/mol. The normalized spacial score (nSPS) is 23.8. The van der Waals surface area contributed by atoms with Gasteiger partial charge in [0, 0.05) is 43.1 Å². The summed E-state index contributed by atoms with van der Waals surface area (Å²) in [4.78, 5) is 32.2. The molecule has 8 N–H and O–H groups in total. The van der Waals surface area contributed by atoms with Gasteiger partial charge in [-0.2, -0.15) is 0 Å². The summed E-state index contributed by atoms with van der Waals surface area (Å²) in [5.41, 5.74) is 13.5. The SMILES string of the molecule is CCCC(C(O)Cc1cc(C(C)CCC(O)C(C)O)c[nH]1)C1CC(CC2=CCNC(N)=C2)CC2C#CC(c3ccccc3CCC(C)C)c3cc(O)c(OC)cc3CCC(=O)CC(=O)C2C1. The second kappa shape index (κ2) is 23.8. The molecule has 2 heterocycles. The van der Waals surface area contributed by atoms with Gasteiger partial charge in [0.1, 0.15) is 11.6 Å². The first-order valence-corrected chi connectivity index (χ1v) is 24.8. The molecule has 0 spiro atoms. The number of aryl methyl sites for hydroxylation is 2. The standard InChI is InChI=1S/C56H77N3O7/c1-7-10-47(52(63)30-44-27-43(33-59-44)35(4)14-20-51(62)36(5)60)42-25-38(23-37-21-22-58-56(57)26-37)24-40-17-19-48(46-12-9-8-11-39(46)15-13-34(2)3)49-32-54(65)55(66-6)29-41(49)16-18-45(61)31-53(64)50(40)28-42/h8-9,11-12,21,26-27,29,32-36,38,40,42,47-48,50-52,58-60,62-63,65H,7,10,13-16,18,20,22-25,28,30-31,57H2,1-6H3. The number of aromatic nitrogens is 1. The van der Waals surface area contributed by atoms with E-state index in [4.69, 9.17) is 10.5 Å². The largest absolute Gasteiger partial charge is 0.504 e. The Hall–Kier alpha value is -4.82. The third-order valence-electron chi connectivity index (χ3n) is 14.7. The van der Waals surface area contributed by atoms with E-state index in [1.807, 2.05) is 24.4 Å². The first-order chi connectivity index (χ1) is 31.6. The van der Waals surface area contributed by atoms with Gasteiger partial charge in [-0.05, 0) is 158 Å². The summed E-state index contributed by atoms with van der Waals surface area (Å²) in [5.74, 6) is 7.75. The Labute approximate surface area is 393 Å². The number of allylic oxidation sites excluding steroid dienone is 2. The van der Waals surface area contributed by atoms with Crippen molar-refractivity contribution >= 4 is 11.6 Å². The molecule has 1 fully saturated rings. The van der Waals surface area contributed by atoms with Crippen molar-refractivity contribution in [3.63, 3.8) is 0 Å². The fraction of sp³-hybridized carbons (Fsp3) is 0.571. The Kier molecular flexibility index (Phi) is 18.2. The predicted molar refractivity (Wildman–Crippen MR) is 262 cm³/mol. The summed E-state index contributed by atoms with van der Waals surface area (Å²) >= 11 is 0. The number of phenols is 1. The van der Waals surface area contributed by atoms with Gasteiger partial charge in [-0.3, -0.25) is 9.59 Å². The van der Waals surface area contributed by atoms with Gasteiger partial charge in [0.2, 0.25) is 0 Å². The van der Waals surface area contributed by atoms with Crippen LogP contribution in [-0.4, -0.2) is 68.9 Å². The molecule has 1 saturated carbocycles. The van der Waals surface area contributed by atoms with Crippen molar-refractivity contribution < 1.29 is 34.8 Å². The Morgan fingerprint density at radius 3 is 2.42 bits per heavy atom. The summed E-state index contributed by atoms with van der Waals surface area (Å²) < 4.78 is 5.57. The van der Waals surface area contributed by atoms with Crippen molar-refractivity contribution in [1.29, 1.82) is 0 Å². The molecule has 0 amide bonds. The van der Waals surface area contributed by atoms with Crippen LogP contribution < -0.4 is 15.8 Å². The molecule has 3 aliphatic rings. The molecule has 358 valence electrons. The molecule has 10 nitrogen and oxygen atoms in total. The molecule has 10 atom stereocenters. The predicted octanol–water partition coefficient (Wildman–Crippen LogP) is 8.94. The molecule has 2 aliphatic carbocycles. The van der Waals surface area contributed by atoms with Gasteiger partial charge in [-0.15, -0.1) is 0 Å². The second-order valence-electron chi connectivity index (χ2n) is 20.2. The highest BCUT2D eigenvalue weighted by molar-refractivity contribution is 6.00. The van der Waals surface area contributed by atoms with E-state index in [1.165, 1.54) is 12.7 Å². The number of ether oxygens (including phenoxy) is 1. The smallest absolute Gasteiger partial charge is 0.160 e. The zero-order valence-electron chi connectivity index (χ0n) is 40.3. The molecule has 66 heavy (non-hydrogen) atoms. The van der Waals surface area contributed by atoms with E-state index in [0.717, 1.165) is 78.5 Å². The number of benzene rings is 2. The molecule has 0 radical (unpaired) electrons. The van der Waals surface area contributed by atoms with Crippen LogP contribution in [0.3, 0.4) is 0 Å². The fourth-order valence-electron chi connectivity index (χ4n) is 10.9. The van der Waals surface area contributed by atoms with Crippen molar-refractivity contribution in [3.05, 3.63) is 106 Å². The van der Waals surface area contributed by atoms with E-state index >= 15 is 0 Å². The number of hydrogen-bond acceptors (Lipinski definition) is 9. The van der Waals surface area contributed by atoms with Gasteiger partial charge in [-0.25, -0.2) is 0 Å². The molecule has 0 bridgehead atoms. The number of ketones is 2. The topological polar surface area (TPSA) is 178 Å². The maximum Gasteiger partial charge on any atom is 0.160 e. The highest BCUT2D eigenvalue weighted by Crippen LogP contribution is 2.45. The Morgan fingerprint density at radius 2 is 1.70 bits per heavy atom. The number of rotatable bonds is 18. The van der Waals surface area contributed by atoms with Crippen LogP contribution in [0.25, 0.3) is 0 Å². The molecule has 10 unspecified atom stereocenters. The maximum absolute atomic E-state index is 14.8. The number of nitrogens with one attached hydrogen (secondary N) is 2. The van der Waals surface area contributed by atoms with Crippen molar-refractivity contribution in [2.45, 2.75) is 155 Å². The van der Waals surface area contributed by atoms with Gasteiger partial charge in [0.05, 0.1) is 43.6 Å². The molecule has 1 aliphatic heterocycles. The molecular formula is C56H77N3O7. The zero-order chi connectivity index (χ0) is 47.5. The van der Waals surface area contributed by atoms with E-state index in [1.54, 1.807) is 13.0 Å². The molecule has 10 heteroatoms. The summed E-state index contributed by atoms with van der Waals surface area (Å²) in [6.45, 7) is 11.0. The van der Waals surface area contributed by atoms with E-state index in [-0.39, 0.29) is 59.7 Å². The summed E-state index contributed by atoms with van der Waals surface area (Å²) in [6.07, 6.45) is 12.3. The lowest BCUT2D eigenvalue weighted by Gasteiger charge is -2.33. The number of dihydropyridines is 1. The number of aromatic amines is 1. The van der Waals surface area contributed by atoms with Crippen LogP contribution in [0.1, 0.15) is 151 Å². The Bertz CT molecular complexity index is 2230. The first kappa shape index (κ1) is 50.6. The molecule has 0 saturated heterocycles. The van der Waals surface area contributed by atoms with Crippen LogP contribution >= 0.6 is 0 Å². The summed E-state index contributed by atoms with van der Waals surface area (Å²) in [6, 6.07) is 14.1. The van der Waals surface area contributed by atoms with Gasteiger partial charge >= 0.3 is 0 Å². The number of carbonyl (C=O) groups is 2.